The summed E-state index contributed by atoms with van der Waals surface area (Å²) in [6, 6.07) is 7.97. The molecule has 0 fully saturated rings. The molecule has 1 atom stereocenters. The maximum absolute atomic E-state index is 11.8. The lowest BCUT2D eigenvalue weighted by Crippen LogP contribution is -2.40. The molecule has 94 valence electrons. The molecular formula is C13H21N3O. The molecule has 0 aliphatic rings. The van der Waals surface area contributed by atoms with Gasteiger partial charge in [-0.3, -0.25) is 9.69 Å². The number of carbonyl (C=O) groups excluding carboxylic acids is 1. The van der Waals surface area contributed by atoms with Crippen LogP contribution in [0.4, 0.5) is 5.69 Å². The first-order chi connectivity index (χ1) is 8.02. The Morgan fingerprint density at radius 3 is 2.82 bits per heavy atom. The van der Waals surface area contributed by atoms with Gasteiger partial charge in [0.2, 0.25) is 5.91 Å². The summed E-state index contributed by atoms with van der Waals surface area (Å²) in [4.78, 5) is 13.7. The largest absolute Gasteiger partial charge is 0.329 e. The van der Waals surface area contributed by atoms with Crippen molar-refractivity contribution in [1.82, 2.24) is 4.90 Å². The zero-order chi connectivity index (χ0) is 12.8. The maximum Gasteiger partial charge on any atom is 0.238 e. The standard InChI is InChI=1S/C13H21N3O/c1-10-5-4-6-12(7-10)15-13(17)9-16(3)11(2)8-14/h4-7,11H,8-9,14H2,1-3H3,(H,15,17). The van der Waals surface area contributed by atoms with Crippen LogP contribution in [-0.2, 0) is 4.79 Å². The number of benzene rings is 1. The Balaban J connectivity index is 2.50. The molecule has 0 aromatic heterocycles. The predicted molar refractivity (Wildman–Crippen MR) is 71.0 cm³/mol. The van der Waals surface area contributed by atoms with Gasteiger partial charge in [-0.1, -0.05) is 12.1 Å². The second-order valence-corrected chi connectivity index (χ2v) is 4.42. The van der Waals surface area contributed by atoms with Crippen LogP contribution >= 0.6 is 0 Å². The van der Waals surface area contributed by atoms with Gasteiger partial charge >= 0.3 is 0 Å². The van der Waals surface area contributed by atoms with Crippen LogP contribution in [0.1, 0.15) is 12.5 Å². The first-order valence-corrected chi connectivity index (χ1v) is 5.79. The van der Waals surface area contributed by atoms with Crippen molar-refractivity contribution in [2.24, 2.45) is 5.73 Å². The topological polar surface area (TPSA) is 58.4 Å². The second kappa shape index (κ2) is 6.37. The summed E-state index contributed by atoms with van der Waals surface area (Å²) in [6.07, 6.45) is 0. The van der Waals surface area contributed by atoms with Crippen LogP contribution in [0.15, 0.2) is 24.3 Å². The third kappa shape index (κ3) is 4.54. The lowest BCUT2D eigenvalue weighted by molar-refractivity contribution is -0.117. The molecule has 0 heterocycles. The minimum Gasteiger partial charge on any atom is -0.329 e. The van der Waals surface area contributed by atoms with E-state index in [1.54, 1.807) is 0 Å². The molecule has 3 N–H and O–H groups in total. The maximum atomic E-state index is 11.8. The molecule has 0 aliphatic heterocycles. The Morgan fingerprint density at radius 2 is 2.24 bits per heavy atom. The van der Waals surface area contributed by atoms with Crippen molar-refractivity contribution in [3.63, 3.8) is 0 Å². The first-order valence-electron chi connectivity index (χ1n) is 5.79. The molecule has 0 radical (unpaired) electrons. The van der Waals surface area contributed by atoms with E-state index in [9.17, 15) is 4.79 Å². The quantitative estimate of drug-likeness (QED) is 0.806. The zero-order valence-corrected chi connectivity index (χ0v) is 10.7. The van der Waals surface area contributed by atoms with Gasteiger partial charge in [0.25, 0.3) is 0 Å². The highest BCUT2D eigenvalue weighted by molar-refractivity contribution is 5.92. The molecule has 4 heteroatoms. The Hall–Kier alpha value is -1.39. The van der Waals surface area contributed by atoms with Gasteiger partial charge in [-0.05, 0) is 38.6 Å². The second-order valence-electron chi connectivity index (χ2n) is 4.42. The molecule has 1 aromatic carbocycles. The SMILES string of the molecule is Cc1cccc(NC(=O)CN(C)C(C)CN)c1. The first kappa shape index (κ1) is 13.7. The molecule has 0 spiro atoms. The van der Waals surface area contributed by atoms with Crippen LogP contribution in [0.25, 0.3) is 0 Å². The van der Waals surface area contributed by atoms with Crippen LogP contribution in [0.3, 0.4) is 0 Å². The Labute approximate surface area is 103 Å². The number of hydrogen-bond donors (Lipinski definition) is 2. The van der Waals surface area contributed by atoms with E-state index in [-0.39, 0.29) is 11.9 Å². The molecule has 1 amide bonds. The molecular weight excluding hydrogens is 214 g/mol. The van der Waals surface area contributed by atoms with Gasteiger partial charge in [0.15, 0.2) is 0 Å². The van der Waals surface area contributed by atoms with E-state index in [4.69, 9.17) is 5.73 Å². The van der Waals surface area contributed by atoms with E-state index in [0.29, 0.717) is 13.1 Å². The average Bonchev–Trinajstić information content (AvgIpc) is 2.27. The Morgan fingerprint density at radius 1 is 1.53 bits per heavy atom. The van der Waals surface area contributed by atoms with Gasteiger partial charge in [-0.2, -0.15) is 0 Å². The number of rotatable bonds is 5. The van der Waals surface area contributed by atoms with Gasteiger partial charge in [0.05, 0.1) is 6.54 Å². The Kier molecular flexibility index (Phi) is 5.12. The third-order valence-corrected chi connectivity index (χ3v) is 2.79. The summed E-state index contributed by atoms with van der Waals surface area (Å²) in [5.74, 6) is -0.0154. The number of aryl methyl sites for hydroxylation is 1. The van der Waals surface area contributed by atoms with Crippen molar-refractivity contribution in [1.29, 1.82) is 0 Å². The van der Waals surface area contributed by atoms with Crippen LogP contribution in [-0.4, -0.2) is 37.0 Å². The monoisotopic (exact) mass is 235 g/mol. The summed E-state index contributed by atoms with van der Waals surface area (Å²) < 4.78 is 0. The van der Waals surface area contributed by atoms with Crippen molar-refractivity contribution in [2.75, 3.05) is 25.5 Å². The van der Waals surface area contributed by atoms with E-state index in [1.807, 2.05) is 50.1 Å². The fourth-order valence-corrected chi connectivity index (χ4v) is 1.49. The number of nitrogens with two attached hydrogens (primary N) is 1. The number of likely N-dealkylation sites (N-methyl/N-ethyl adjacent to an activating group) is 1. The number of hydrogen-bond acceptors (Lipinski definition) is 3. The smallest absolute Gasteiger partial charge is 0.238 e. The van der Waals surface area contributed by atoms with Crippen LogP contribution in [0.2, 0.25) is 0 Å². The lowest BCUT2D eigenvalue weighted by atomic mass is 10.2. The summed E-state index contributed by atoms with van der Waals surface area (Å²) in [5.41, 5.74) is 7.52. The van der Waals surface area contributed by atoms with Crippen molar-refractivity contribution in [3.8, 4) is 0 Å². The van der Waals surface area contributed by atoms with Gasteiger partial charge in [-0.25, -0.2) is 0 Å². The van der Waals surface area contributed by atoms with Crippen LogP contribution in [0, 0.1) is 6.92 Å². The van der Waals surface area contributed by atoms with Crippen molar-refractivity contribution >= 4 is 11.6 Å². The van der Waals surface area contributed by atoms with Crippen molar-refractivity contribution in [2.45, 2.75) is 19.9 Å². The fourth-order valence-electron chi connectivity index (χ4n) is 1.49. The average molecular weight is 235 g/mol. The summed E-state index contributed by atoms with van der Waals surface area (Å²) in [5, 5.41) is 2.87. The van der Waals surface area contributed by atoms with Crippen LogP contribution < -0.4 is 11.1 Å². The minimum atomic E-state index is -0.0154. The van der Waals surface area contributed by atoms with Gasteiger partial charge in [0, 0.05) is 18.3 Å². The summed E-state index contributed by atoms with van der Waals surface area (Å²) >= 11 is 0. The third-order valence-electron chi connectivity index (χ3n) is 2.79. The van der Waals surface area contributed by atoms with E-state index < -0.39 is 0 Å². The van der Waals surface area contributed by atoms with Gasteiger partial charge < -0.3 is 11.1 Å². The molecule has 1 aromatic rings. The number of nitrogens with zero attached hydrogens (tertiary/aromatic N) is 1. The predicted octanol–water partition coefficient (Wildman–Crippen LogP) is 1.21. The lowest BCUT2D eigenvalue weighted by Gasteiger charge is -2.22. The number of nitrogens with one attached hydrogen (secondary N) is 1. The molecule has 1 rings (SSSR count). The van der Waals surface area contributed by atoms with Gasteiger partial charge in [0.1, 0.15) is 0 Å². The molecule has 0 bridgehead atoms. The molecule has 0 aliphatic carbocycles. The normalized spacial score (nSPS) is 12.5. The van der Waals surface area contributed by atoms with Crippen LogP contribution in [0.5, 0.6) is 0 Å². The number of carbonyl (C=O) groups is 1. The molecule has 0 saturated carbocycles. The van der Waals surface area contributed by atoms with Crippen molar-refractivity contribution < 1.29 is 4.79 Å². The molecule has 4 nitrogen and oxygen atoms in total. The van der Waals surface area contributed by atoms with Crippen molar-refractivity contribution in [3.05, 3.63) is 29.8 Å². The van der Waals surface area contributed by atoms with E-state index in [0.717, 1.165) is 11.3 Å². The van der Waals surface area contributed by atoms with E-state index in [1.165, 1.54) is 0 Å². The number of amides is 1. The highest BCUT2D eigenvalue weighted by Gasteiger charge is 2.11. The zero-order valence-electron chi connectivity index (χ0n) is 10.7. The Bertz CT molecular complexity index is 379. The molecule has 0 saturated heterocycles. The highest BCUT2D eigenvalue weighted by Crippen LogP contribution is 2.09. The summed E-state index contributed by atoms with van der Waals surface area (Å²) in [6.45, 7) is 4.90. The van der Waals surface area contributed by atoms with E-state index >= 15 is 0 Å². The minimum absolute atomic E-state index is 0.0154. The van der Waals surface area contributed by atoms with Gasteiger partial charge in [-0.15, -0.1) is 0 Å². The fraction of sp³-hybridized carbons (Fsp3) is 0.462. The molecule has 1 unspecified atom stereocenters. The number of anilines is 1. The van der Waals surface area contributed by atoms with E-state index in [2.05, 4.69) is 5.32 Å². The summed E-state index contributed by atoms with van der Waals surface area (Å²) in [7, 11) is 1.90. The molecule has 17 heavy (non-hydrogen) atoms. The highest BCUT2D eigenvalue weighted by atomic mass is 16.2.